The van der Waals surface area contributed by atoms with Crippen LogP contribution >= 0.6 is 23.8 Å². The summed E-state index contributed by atoms with van der Waals surface area (Å²) in [6, 6.07) is 6.91. The second-order valence-electron chi connectivity index (χ2n) is 2.41. The fourth-order valence-electron chi connectivity index (χ4n) is 0.836. The number of carbonyl (C=O) groups is 1. The van der Waals surface area contributed by atoms with Crippen LogP contribution in [0.5, 0.6) is 0 Å². The Labute approximate surface area is 81.3 Å². The van der Waals surface area contributed by atoms with Crippen LogP contribution in [0.1, 0.15) is 22.8 Å². The first-order chi connectivity index (χ1) is 5.61. The number of halogens is 1. The van der Waals surface area contributed by atoms with Crippen molar-refractivity contribution in [3.05, 3.63) is 35.4 Å². The van der Waals surface area contributed by atoms with Gasteiger partial charge in [0.2, 0.25) is 0 Å². The molecule has 0 fully saturated rings. The third-order valence-electron chi connectivity index (χ3n) is 1.52. The van der Waals surface area contributed by atoms with Gasteiger partial charge in [0.05, 0.1) is 0 Å². The highest BCUT2D eigenvalue weighted by atomic mass is 35.5. The Morgan fingerprint density at radius 2 is 1.67 bits per heavy atom. The second kappa shape index (κ2) is 3.78. The molecular weight excluding hydrogens is 192 g/mol. The zero-order valence-corrected chi connectivity index (χ0v) is 8.08. The molecule has 0 radical (unpaired) electrons. The molecule has 62 valence electrons. The number of ketones is 1. The first-order valence-corrected chi connectivity index (χ1v) is 4.20. The lowest BCUT2D eigenvalue weighted by atomic mass is 10.1. The van der Waals surface area contributed by atoms with Gasteiger partial charge >= 0.3 is 0 Å². The average molecular weight is 199 g/mol. The van der Waals surface area contributed by atoms with E-state index in [9.17, 15) is 4.79 Å². The molecule has 0 aliphatic heterocycles. The van der Waals surface area contributed by atoms with Gasteiger partial charge in [0.25, 0.3) is 0 Å². The predicted octanol–water partition coefficient (Wildman–Crippen LogP) is 2.80. The van der Waals surface area contributed by atoms with Gasteiger partial charge < -0.3 is 0 Å². The van der Waals surface area contributed by atoms with Crippen LogP contribution in [-0.4, -0.2) is 10.1 Å². The molecule has 1 aromatic carbocycles. The highest BCUT2D eigenvalue weighted by molar-refractivity contribution is 7.83. The fourth-order valence-corrected chi connectivity index (χ4v) is 1.10. The molecule has 0 saturated carbocycles. The van der Waals surface area contributed by atoms with E-state index < -0.39 is 0 Å². The van der Waals surface area contributed by atoms with Gasteiger partial charge in [-0.25, -0.2) is 0 Å². The minimum Gasteiger partial charge on any atom is -0.295 e. The van der Waals surface area contributed by atoms with Gasteiger partial charge in [-0.2, -0.15) is 0 Å². The van der Waals surface area contributed by atoms with E-state index in [1.54, 1.807) is 24.3 Å². The zero-order chi connectivity index (χ0) is 9.14. The second-order valence-corrected chi connectivity index (χ2v) is 3.42. The Bertz CT molecular complexity index is 283. The van der Waals surface area contributed by atoms with Crippen LogP contribution in [-0.2, 0) is 0 Å². The summed E-state index contributed by atoms with van der Waals surface area (Å²) in [6.07, 6.45) is 0. The molecule has 0 unspecified atom stereocenters. The molecule has 0 aliphatic rings. The van der Waals surface area contributed by atoms with E-state index in [1.807, 2.05) is 0 Å². The molecule has 3 heteroatoms. The van der Waals surface area contributed by atoms with Gasteiger partial charge in [-0.1, -0.05) is 48.1 Å². The Balaban J connectivity index is 3.01. The maximum atomic E-state index is 10.9. The quantitative estimate of drug-likeness (QED) is 0.413. The van der Waals surface area contributed by atoms with Crippen LogP contribution in [0.15, 0.2) is 24.3 Å². The molecule has 0 atom stereocenters. The Morgan fingerprint density at radius 3 is 2.00 bits per heavy atom. The number of thiocarbonyl (C=S) groups is 1. The van der Waals surface area contributed by atoms with Gasteiger partial charge in [0, 0.05) is 11.1 Å². The number of hydrogen-bond donors (Lipinski definition) is 0. The maximum absolute atomic E-state index is 10.9. The minimum atomic E-state index is 0.0436. The average Bonchev–Trinajstić information content (AvgIpc) is 2.04. The van der Waals surface area contributed by atoms with Crippen molar-refractivity contribution in [2.24, 2.45) is 0 Å². The molecule has 0 N–H and O–H groups in total. The smallest absolute Gasteiger partial charge is 0.159 e. The molecule has 0 aliphatic carbocycles. The van der Waals surface area contributed by atoms with E-state index >= 15 is 0 Å². The van der Waals surface area contributed by atoms with E-state index in [2.05, 4.69) is 0 Å². The highest BCUT2D eigenvalue weighted by Crippen LogP contribution is 2.08. The zero-order valence-electron chi connectivity index (χ0n) is 6.50. The largest absolute Gasteiger partial charge is 0.295 e. The molecule has 1 rings (SSSR count). The molecule has 12 heavy (non-hydrogen) atoms. The molecule has 0 aromatic heterocycles. The summed E-state index contributed by atoms with van der Waals surface area (Å²) in [7, 11) is 0. The first kappa shape index (κ1) is 9.36. The standard InChI is InChI=1S/C9H7ClOS/c1-6(11)7-2-4-8(5-3-7)9(10)12/h2-5H,1H3. The summed E-state index contributed by atoms with van der Waals surface area (Å²) < 4.78 is 0.324. The molecule has 0 spiro atoms. The fraction of sp³-hybridized carbons (Fsp3) is 0.111. The van der Waals surface area contributed by atoms with Gasteiger partial charge in [-0.15, -0.1) is 0 Å². The maximum Gasteiger partial charge on any atom is 0.159 e. The van der Waals surface area contributed by atoms with E-state index in [4.69, 9.17) is 23.8 Å². The summed E-state index contributed by atoms with van der Waals surface area (Å²) in [5, 5.41) is 0. The van der Waals surface area contributed by atoms with Gasteiger partial charge in [0.1, 0.15) is 4.32 Å². The topological polar surface area (TPSA) is 17.1 Å². The Hall–Kier alpha value is -0.730. The number of rotatable bonds is 2. The van der Waals surface area contributed by atoms with Crippen LogP contribution in [0.25, 0.3) is 0 Å². The highest BCUT2D eigenvalue weighted by Gasteiger charge is 2.00. The van der Waals surface area contributed by atoms with Crippen LogP contribution in [0, 0.1) is 0 Å². The van der Waals surface area contributed by atoms with Crippen molar-refractivity contribution in [1.82, 2.24) is 0 Å². The van der Waals surface area contributed by atoms with Crippen LogP contribution in [0.4, 0.5) is 0 Å². The van der Waals surface area contributed by atoms with Crippen molar-refractivity contribution in [3.8, 4) is 0 Å². The van der Waals surface area contributed by atoms with E-state index in [-0.39, 0.29) is 5.78 Å². The van der Waals surface area contributed by atoms with Crippen LogP contribution < -0.4 is 0 Å². The molecule has 0 saturated heterocycles. The minimum absolute atomic E-state index is 0.0436. The Morgan fingerprint density at radius 1 is 1.25 bits per heavy atom. The number of Topliss-reactive ketones (excluding diaryl/α,β-unsaturated/α-hetero) is 1. The first-order valence-electron chi connectivity index (χ1n) is 3.42. The summed E-state index contributed by atoms with van der Waals surface area (Å²) in [4.78, 5) is 10.9. The molecule has 0 bridgehead atoms. The third kappa shape index (κ3) is 2.13. The predicted molar refractivity (Wildman–Crippen MR) is 54.0 cm³/mol. The van der Waals surface area contributed by atoms with Gasteiger partial charge in [-0.3, -0.25) is 4.79 Å². The summed E-state index contributed by atoms with van der Waals surface area (Å²) >= 11 is 10.3. The molecule has 0 amide bonds. The van der Waals surface area contributed by atoms with E-state index in [0.29, 0.717) is 9.89 Å². The summed E-state index contributed by atoms with van der Waals surface area (Å²) in [5.41, 5.74) is 1.45. The SMILES string of the molecule is CC(=O)c1ccc(C(=S)Cl)cc1. The number of benzene rings is 1. The van der Waals surface area contributed by atoms with Crippen molar-refractivity contribution in [2.45, 2.75) is 6.92 Å². The van der Waals surface area contributed by atoms with E-state index in [1.165, 1.54) is 6.92 Å². The van der Waals surface area contributed by atoms with Gasteiger partial charge in [0.15, 0.2) is 5.78 Å². The van der Waals surface area contributed by atoms with Crippen LogP contribution in [0.2, 0.25) is 0 Å². The lowest BCUT2D eigenvalue weighted by Gasteiger charge is -1.97. The third-order valence-corrected chi connectivity index (χ3v) is 1.97. The van der Waals surface area contributed by atoms with Gasteiger partial charge in [-0.05, 0) is 6.92 Å². The normalized spacial score (nSPS) is 9.50. The van der Waals surface area contributed by atoms with Crippen molar-refractivity contribution in [2.75, 3.05) is 0 Å². The lowest BCUT2D eigenvalue weighted by Crippen LogP contribution is -1.93. The van der Waals surface area contributed by atoms with Crippen molar-refractivity contribution in [1.29, 1.82) is 0 Å². The number of carbonyl (C=O) groups excluding carboxylic acids is 1. The summed E-state index contributed by atoms with van der Waals surface area (Å²) in [5.74, 6) is 0.0436. The number of hydrogen-bond acceptors (Lipinski definition) is 2. The molecule has 1 nitrogen and oxygen atoms in total. The summed E-state index contributed by atoms with van der Waals surface area (Å²) in [6.45, 7) is 1.52. The molecule has 1 aromatic rings. The van der Waals surface area contributed by atoms with Crippen LogP contribution in [0.3, 0.4) is 0 Å². The van der Waals surface area contributed by atoms with Crippen molar-refractivity contribution >= 4 is 33.9 Å². The lowest BCUT2D eigenvalue weighted by molar-refractivity contribution is 0.101. The van der Waals surface area contributed by atoms with Crippen molar-refractivity contribution < 1.29 is 4.79 Å². The van der Waals surface area contributed by atoms with Crippen molar-refractivity contribution in [3.63, 3.8) is 0 Å². The molecular formula is C9H7ClOS. The Kier molecular flexibility index (Phi) is 2.95. The molecule has 0 heterocycles. The van der Waals surface area contributed by atoms with E-state index in [0.717, 1.165) is 5.56 Å². The monoisotopic (exact) mass is 198 g/mol.